The van der Waals surface area contributed by atoms with Crippen molar-refractivity contribution >= 4 is 24.1 Å². The third-order valence-corrected chi connectivity index (χ3v) is 6.88. The Hall–Kier alpha value is -3.04. The fourth-order valence-corrected chi connectivity index (χ4v) is 5.42. The number of hydrogen-bond acceptors (Lipinski definition) is 6. The highest BCUT2D eigenvalue weighted by atomic mass is 16.5. The standard InChI is InChI=1S/C26H41N5O5/c1-16(2)14-35-24-21(13-28-31(24)10-9-26(4,5)30-17(3)32)23(33)29-22-19-7-6-8-20(22)12-18(11-19)15-36-25(27)34/h9-10,13,16,18-20,22H,6-8,11-12,14-15H2,1-5H3,(H2,27,34)(H,29,33)(H,30,32)/b10-9+/t18-,19?,20?,22-. The average molecular weight is 504 g/mol. The second-order valence-electron chi connectivity index (χ2n) is 11.1. The van der Waals surface area contributed by atoms with Crippen LogP contribution in [0.3, 0.4) is 0 Å². The minimum absolute atomic E-state index is 0.0617. The van der Waals surface area contributed by atoms with Gasteiger partial charge in [-0.1, -0.05) is 20.3 Å². The molecular formula is C26H41N5O5. The molecule has 10 nitrogen and oxygen atoms in total. The fraction of sp³-hybridized carbons (Fsp3) is 0.692. The van der Waals surface area contributed by atoms with Crippen molar-refractivity contribution in [1.82, 2.24) is 20.4 Å². The molecule has 2 saturated carbocycles. The summed E-state index contributed by atoms with van der Waals surface area (Å²) in [6, 6.07) is 0.0617. The molecule has 10 heteroatoms. The van der Waals surface area contributed by atoms with Crippen LogP contribution in [0.2, 0.25) is 0 Å². The normalized spacial score (nSPS) is 23.9. The minimum atomic E-state index is -0.740. The maximum absolute atomic E-state index is 13.5. The molecule has 0 radical (unpaired) electrons. The largest absolute Gasteiger partial charge is 0.477 e. The van der Waals surface area contributed by atoms with Crippen molar-refractivity contribution < 1.29 is 23.9 Å². The van der Waals surface area contributed by atoms with E-state index in [0.29, 0.717) is 36.5 Å². The van der Waals surface area contributed by atoms with Crippen molar-refractivity contribution in [3.8, 4) is 5.88 Å². The summed E-state index contributed by atoms with van der Waals surface area (Å²) in [5.74, 6) is 1.23. The second-order valence-corrected chi connectivity index (χ2v) is 11.1. The van der Waals surface area contributed by atoms with E-state index in [-0.39, 0.29) is 29.7 Å². The fourth-order valence-electron chi connectivity index (χ4n) is 5.42. The molecule has 3 rings (SSSR count). The zero-order valence-corrected chi connectivity index (χ0v) is 22.1. The van der Waals surface area contributed by atoms with Crippen molar-refractivity contribution in [2.24, 2.45) is 29.4 Å². The topological polar surface area (TPSA) is 138 Å². The first-order valence-electron chi connectivity index (χ1n) is 12.9. The van der Waals surface area contributed by atoms with Gasteiger partial charge >= 0.3 is 6.09 Å². The van der Waals surface area contributed by atoms with E-state index in [1.807, 2.05) is 33.8 Å². The lowest BCUT2D eigenvalue weighted by atomic mass is 9.65. The summed E-state index contributed by atoms with van der Waals surface area (Å²) < 4.78 is 12.6. The van der Waals surface area contributed by atoms with Crippen LogP contribution in [-0.2, 0) is 9.53 Å². The van der Waals surface area contributed by atoms with E-state index in [9.17, 15) is 14.4 Å². The van der Waals surface area contributed by atoms with Crippen LogP contribution in [0.5, 0.6) is 5.88 Å². The molecule has 0 saturated heterocycles. The summed E-state index contributed by atoms with van der Waals surface area (Å²) in [4.78, 5) is 36.0. The number of nitrogens with two attached hydrogens (primary N) is 1. The van der Waals surface area contributed by atoms with E-state index in [1.54, 1.807) is 10.9 Å². The molecule has 200 valence electrons. The van der Waals surface area contributed by atoms with Crippen LogP contribution in [0.1, 0.15) is 77.1 Å². The molecule has 1 heterocycles. The summed E-state index contributed by atoms with van der Waals surface area (Å²) in [5.41, 5.74) is 4.94. The number of nitrogens with one attached hydrogen (secondary N) is 2. The number of rotatable bonds is 10. The highest BCUT2D eigenvalue weighted by molar-refractivity contribution is 5.96. The van der Waals surface area contributed by atoms with Crippen LogP contribution in [-0.4, -0.2) is 52.5 Å². The van der Waals surface area contributed by atoms with Gasteiger partial charge in [0.25, 0.3) is 5.91 Å². The lowest BCUT2D eigenvalue weighted by molar-refractivity contribution is -0.120. The highest BCUT2D eigenvalue weighted by Crippen LogP contribution is 2.43. The molecule has 2 unspecified atom stereocenters. The van der Waals surface area contributed by atoms with Crippen molar-refractivity contribution in [3.63, 3.8) is 0 Å². The Kier molecular flexibility index (Phi) is 9.03. The number of hydrogen-bond donors (Lipinski definition) is 3. The molecule has 4 N–H and O–H groups in total. The van der Waals surface area contributed by atoms with E-state index in [1.165, 1.54) is 13.1 Å². The van der Waals surface area contributed by atoms with Gasteiger partial charge in [0, 0.05) is 19.2 Å². The molecule has 1 aromatic rings. The van der Waals surface area contributed by atoms with Gasteiger partial charge < -0.3 is 25.8 Å². The summed E-state index contributed by atoms with van der Waals surface area (Å²) in [5, 5.41) is 10.5. The Morgan fingerprint density at radius 1 is 1.25 bits per heavy atom. The van der Waals surface area contributed by atoms with Crippen LogP contribution >= 0.6 is 0 Å². The maximum Gasteiger partial charge on any atom is 0.404 e. The molecule has 0 spiro atoms. The summed E-state index contributed by atoms with van der Waals surface area (Å²) in [6.07, 6.45) is 9.31. The van der Waals surface area contributed by atoms with Gasteiger partial charge in [-0.3, -0.25) is 9.59 Å². The summed E-state index contributed by atoms with van der Waals surface area (Å²) in [7, 11) is 0. The third kappa shape index (κ3) is 7.48. The first kappa shape index (κ1) is 27.5. The van der Waals surface area contributed by atoms with E-state index < -0.39 is 11.6 Å². The zero-order valence-electron chi connectivity index (χ0n) is 22.1. The Bertz CT molecular complexity index is 956. The number of carbonyl (C=O) groups excluding carboxylic acids is 3. The number of primary amides is 1. The SMILES string of the molecule is CC(=O)NC(C)(C)/C=C/n1ncc(C(=O)N[C@H]2C3CCCC2C[C@@H](COC(N)=O)C3)c1OCC(C)C. The van der Waals surface area contributed by atoms with Gasteiger partial charge in [-0.2, -0.15) is 5.10 Å². The van der Waals surface area contributed by atoms with Gasteiger partial charge in [-0.05, 0) is 69.3 Å². The molecule has 36 heavy (non-hydrogen) atoms. The van der Waals surface area contributed by atoms with Crippen LogP contribution in [0.4, 0.5) is 4.79 Å². The molecular weight excluding hydrogens is 462 g/mol. The molecule has 2 bridgehead atoms. The Balaban J connectivity index is 1.76. The van der Waals surface area contributed by atoms with Crippen molar-refractivity contribution in [2.75, 3.05) is 13.2 Å². The van der Waals surface area contributed by atoms with E-state index >= 15 is 0 Å². The van der Waals surface area contributed by atoms with E-state index in [4.69, 9.17) is 15.2 Å². The molecule has 2 fully saturated rings. The number of carbonyl (C=O) groups is 3. The van der Waals surface area contributed by atoms with Crippen LogP contribution in [0.25, 0.3) is 6.20 Å². The van der Waals surface area contributed by atoms with Crippen molar-refractivity contribution in [1.29, 1.82) is 0 Å². The molecule has 1 aromatic heterocycles. The molecule has 2 aliphatic rings. The maximum atomic E-state index is 13.5. The number of ether oxygens (including phenoxy) is 2. The van der Waals surface area contributed by atoms with Gasteiger partial charge in [0.2, 0.25) is 11.8 Å². The first-order chi connectivity index (χ1) is 16.9. The second kappa shape index (κ2) is 11.8. The predicted molar refractivity (Wildman–Crippen MR) is 136 cm³/mol. The molecule has 2 aliphatic carbocycles. The minimum Gasteiger partial charge on any atom is -0.477 e. The predicted octanol–water partition coefficient (Wildman–Crippen LogP) is 3.32. The van der Waals surface area contributed by atoms with Gasteiger partial charge in [0.05, 0.1) is 24.9 Å². The molecule has 0 aromatic carbocycles. The Morgan fingerprint density at radius 3 is 2.50 bits per heavy atom. The van der Waals surface area contributed by atoms with E-state index in [2.05, 4.69) is 15.7 Å². The van der Waals surface area contributed by atoms with Gasteiger partial charge in [0.1, 0.15) is 5.56 Å². The first-order valence-corrected chi connectivity index (χ1v) is 12.9. The number of nitrogens with zero attached hydrogens (tertiary/aromatic N) is 2. The Morgan fingerprint density at radius 2 is 1.92 bits per heavy atom. The zero-order chi connectivity index (χ0) is 26.5. The quantitative estimate of drug-likeness (QED) is 0.448. The van der Waals surface area contributed by atoms with Crippen LogP contribution < -0.4 is 21.1 Å². The summed E-state index contributed by atoms with van der Waals surface area (Å²) in [6.45, 7) is 10.1. The molecule has 0 aliphatic heterocycles. The van der Waals surface area contributed by atoms with E-state index in [0.717, 1.165) is 32.1 Å². The average Bonchev–Trinajstić information content (AvgIpc) is 3.17. The Labute approximate surface area is 213 Å². The van der Waals surface area contributed by atoms with Gasteiger partial charge in [-0.15, -0.1) is 0 Å². The summed E-state index contributed by atoms with van der Waals surface area (Å²) >= 11 is 0. The van der Waals surface area contributed by atoms with Crippen LogP contribution in [0.15, 0.2) is 12.3 Å². The molecule has 2 atom stereocenters. The number of fused-ring (bicyclic) bond motifs is 2. The van der Waals surface area contributed by atoms with Crippen molar-refractivity contribution in [3.05, 3.63) is 17.8 Å². The number of amides is 3. The lowest BCUT2D eigenvalue weighted by Gasteiger charge is -2.45. The van der Waals surface area contributed by atoms with Crippen molar-refractivity contribution in [2.45, 2.75) is 78.3 Å². The lowest BCUT2D eigenvalue weighted by Crippen LogP contribution is -2.51. The third-order valence-electron chi connectivity index (χ3n) is 6.88. The van der Waals surface area contributed by atoms with Gasteiger partial charge in [-0.25, -0.2) is 9.48 Å². The van der Waals surface area contributed by atoms with Gasteiger partial charge in [0.15, 0.2) is 0 Å². The molecule has 3 amide bonds. The number of aromatic nitrogens is 2. The smallest absolute Gasteiger partial charge is 0.404 e. The van der Waals surface area contributed by atoms with Crippen LogP contribution in [0, 0.1) is 23.7 Å². The highest BCUT2D eigenvalue weighted by Gasteiger charge is 2.41. The monoisotopic (exact) mass is 503 g/mol.